The van der Waals surface area contributed by atoms with Gasteiger partial charge in [0.15, 0.2) is 0 Å². The van der Waals surface area contributed by atoms with Gasteiger partial charge in [-0.1, -0.05) is 12.8 Å². The molecule has 1 aromatic heterocycles. The van der Waals surface area contributed by atoms with Gasteiger partial charge in [-0.25, -0.2) is 4.79 Å². The summed E-state index contributed by atoms with van der Waals surface area (Å²) in [5, 5.41) is 13.9. The number of aliphatic carboxylic acids is 1. The number of carboxylic acid groups (broad SMARTS) is 1. The normalized spacial score (nSPS) is 27.1. The Kier molecular flexibility index (Phi) is 4.17. The van der Waals surface area contributed by atoms with Gasteiger partial charge in [0.05, 0.1) is 12.1 Å². The van der Waals surface area contributed by atoms with Gasteiger partial charge in [0.2, 0.25) is 5.91 Å². The van der Waals surface area contributed by atoms with Gasteiger partial charge < -0.3 is 10.0 Å². The lowest BCUT2D eigenvalue weighted by Crippen LogP contribution is -2.47. The first-order valence-electron chi connectivity index (χ1n) is 8.43. The molecule has 1 saturated carbocycles. The van der Waals surface area contributed by atoms with Crippen LogP contribution >= 0.6 is 0 Å². The molecular weight excluding hydrogens is 294 g/mol. The lowest BCUT2D eigenvalue weighted by molar-refractivity contribution is -0.149. The van der Waals surface area contributed by atoms with Crippen molar-refractivity contribution in [2.75, 3.05) is 0 Å². The third-order valence-electron chi connectivity index (χ3n) is 5.65. The fourth-order valence-electron chi connectivity index (χ4n) is 4.36. The van der Waals surface area contributed by atoms with E-state index in [0.29, 0.717) is 12.3 Å². The van der Waals surface area contributed by atoms with Crippen molar-refractivity contribution in [3.05, 3.63) is 17.0 Å². The maximum atomic E-state index is 12.9. The molecule has 1 amide bonds. The molecule has 3 atom stereocenters. The number of carboxylic acids is 1. The zero-order valence-corrected chi connectivity index (χ0v) is 14.1. The standard InChI is InChI=1S/C17H25N3O3/c1-10-13(11(2)19(3)18-10)9-16(21)20-14-7-5-4-6-12(14)8-15(20)17(22)23/h12,14-15H,4-9H2,1-3H3,(H,22,23). The number of aryl methyl sites for hydroxylation is 2. The van der Waals surface area contributed by atoms with Crippen LogP contribution in [0.3, 0.4) is 0 Å². The van der Waals surface area contributed by atoms with E-state index < -0.39 is 12.0 Å². The summed E-state index contributed by atoms with van der Waals surface area (Å²) in [4.78, 5) is 26.2. The first kappa shape index (κ1) is 16.0. The number of hydrogen-bond acceptors (Lipinski definition) is 3. The second-order valence-electron chi connectivity index (χ2n) is 6.95. The van der Waals surface area contributed by atoms with Crippen LogP contribution in [0.4, 0.5) is 0 Å². The predicted octanol–water partition coefficient (Wildman–Crippen LogP) is 1.82. The monoisotopic (exact) mass is 319 g/mol. The van der Waals surface area contributed by atoms with E-state index in [9.17, 15) is 14.7 Å². The Morgan fingerprint density at radius 2 is 1.96 bits per heavy atom. The van der Waals surface area contributed by atoms with Crippen molar-refractivity contribution in [2.45, 2.75) is 64.5 Å². The summed E-state index contributed by atoms with van der Waals surface area (Å²) in [5.74, 6) is -0.580. The SMILES string of the molecule is Cc1nn(C)c(C)c1CC(=O)N1C(C(=O)O)CC2CCCCC21. The van der Waals surface area contributed by atoms with Gasteiger partial charge in [-0.3, -0.25) is 9.48 Å². The van der Waals surface area contributed by atoms with E-state index in [1.165, 1.54) is 0 Å². The van der Waals surface area contributed by atoms with E-state index in [-0.39, 0.29) is 18.4 Å². The summed E-state index contributed by atoms with van der Waals surface area (Å²) < 4.78 is 1.78. The van der Waals surface area contributed by atoms with Crippen molar-refractivity contribution < 1.29 is 14.7 Å². The topological polar surface area (TPSA) is 75.4 Å². The van der Waals surface area contributed by atoms with Crippen molar-refractivity contribution in [2.24, 2.45) is 13.0 Å². The van der Waals surface area contributed by atoms with Gasteiger partial charge in [-0.15, -0.1) is 0 Å². The largest absolute Gasteiger partial charge is 0.480 e. The van der Waals surface area contributed by atoms with Crippen LogP contribution in [0.5, 0.6) is 0 Å². The van der Waals surface area contributed by atoms with Crippen molar-refractivity contribution in [1.82, 2.24) is 14.7 Å². The number of aromatic nitrogens is 2. The van der Waals surface area contributed by atoms with Crippen LogP contribution in [-0.4, -0.2) is 43.7 Å². The highest BCUT2D eigenvalue weighted by molar-refractivity contribution is 5.86. The Labute approximate surface area is 136 Å². The van der Waals surface area contributed by atoms with Crippen molar-refractivity contribution in [1.29, 1.82) is 0 Å². The molecule has 0 bridgehead atoms. The van der Waals surface area contributed by atoms with Crippen LogP contribution in [0.15, 0.2) is 0 Å². The Balaban J connectivity index is 1.85. The number of fused-ring (bicyclic) bond motifs is 1. The average Bonchev–Trinajstić information content (AvgIpc) is 3.00. The molecule has 23 heavy (non-hydrogen) atoms. The Morgan fingerprint density at radius 3 is 2.57 bits per heavy atom. The summed E-state index contributed by atoms with van der Waals surface area (Å²) in [6, 6.07) is -0.553. The minimum atomic E-state index is -0.868. The fourth-order valence-corrected chi connectivity index (χ4v) is 4.36. The number of hydrogen-bond donors (Lipinski definition) is 1. The second kappa shape index (κ2) is 5.98. The zero-order chi connectivity index (χ0) is 16.7. The van der Waals surface area contributed by atoms with Gasteiger partial charge in [0.1, 0.15) is 6.04 Å². The smallest absolute Gasteiger partial charge is 0.326 e. The summed E-state index contributed by atoms with van der Waals surface area (Å²) in [6.45, 7) is 3.85. The molecular formula is C17H25N3O3. The van der Waals surface area contributed by atoms with Crippen LogP contribution < -0.4 is 0 Å². The van der Waals surface area contributed by atoms with Crippen LogP contribution in [0.25, 0.3) is 0 Å². The number of nitrogens with zero attached hydrogens (tertiary/aromatic N) is 3. The van der Waals surface area contributed by atoms with E-state index in [2.05, 4.69) is 5.10 Å². The Morgan fingerprint density at radius 1 is 1.26 bits per heavy atom. The summed E-state index contributed by atoms with van der Waals surface area (Å²) in [5.41, 5.74) is 2.76. The summed E-state index contributed by atoms with van der Waals surface area (Å²) >= 11 is 0. The molecule has 1 aliphatic heterocycles. The van der Waals surface area contributed by atoms with Crippen molar-refractivity contribution in [3.8, 4) is 0 Å². The lowest BCUT2D eigenvalue weighted by Gasteiger charge is -2.33. The van der Waals surface area contributed by atoms with Gasteiger partial charge in [0, 0.05) is 24.3 Å². The van der Waals surface area contributed by atoms with Crippen LogP contribution in [-0.2, 0) is 23.1 Å². The maximum absolute atomic E-state index is 12.9. The highest BCUT2D eigenvalue weighted by Crippen LogP contribution is 2.40. The first-order valence-corrected chi connectivity index (χ1v) is 8.43. The van der Waals surface area contributed by atoms with E-state index in [4.69, 9.17) is 0 Å². The molecule has 6 heteroatoms. The molecule has 126 valence electrons. The lowest BCUT2D eigenvalue weighted by atomic mass is 9.84. The molecule has 6 nitrogen and oxygen atoms in total. The quantitative estimate of drug-likeness (QED) is 0.922. The van der Waals surface area contributed by atoms with E-state index in [1.54, 1.807) is 9.58 Å². The van der Waals surface area contributed by atoms with Gasteiger partial charge >= 0.3 is 5.97 Å². The summed E-state index contributed by atoms with van der Waals surface area (Å²) in [7, 11) is 1.86. The predicted molar refractivity (Wildman–Crippen MR) is 85.0 cm³/mol. The molecule has 2 fully saturated rings. The zero-order valence-electron chi connectivity index (χ0n) is 14.1. The molecule has 3 unspecified atom stereocenters. The van der Waals surface area contributed by atoms with E-state index >= 15 is 0 Å². The van der Waals surface area contributed by atoms with Gasteiger partial charge in [-0.2, -0.15) is 5.10 Å². The highest BCUT2D eigenvalue weighted by atomic mass is 16.4. The number of likely N-dealkylation sites (tertiary alicyclic amines) is 1. The number of rotatable bonds is 3. The molecule has 3 rings (SSSR count). The Bertz CT molecular complexity index is 637. The molecule has 1 N–H and O–H groups in total. The van der Waals surface area contributed by atoms with Crippen LogP contribution in [0.2, 0.25) is 0 Å². The molecule has 0 spiro atoms. The maximum Gasteiger partial charge on any atom is 0.326 e. The molecule has 1 aliphatic carbocycles. The highest BCUT2D eigenvalue weighted by Gasteiger charge is 2.47. The van der Waals surface area contributed by atoms with Crippen molar-refractivity contribution in [3.63, 3.8) is 0 Å². The minimum absolute atomic E-state index is 0.0639. The molecule has 1 aromatic rings. The van der Waals surface area contributed by atoms with E-state index in [0.717, 1.165) is 42.6 Å². The third kappa shape index (κ3) is 2.75. The first-order chi connectivity index (χ1) is 10.9. The van der Waals surface area contributed by atoms with E-state index in [1.807, 2.05) is 20.9 Å². The molecule has 0 radical (unpaired) electrons. The van der Waals surface area contributed by atoms with Gasteiger partial charge in [-0.05, 0) is 39.0 Å². The summed E-state index contributed by atoms with van der Waals surface area (Å²) in [6.07, 6.45) is 5.07. The van der Waals surface area contributed by atoms with Gasteiger partial charge in [0.25, 0.3) is 0 Å². The fraction of sp³-hybridized carbons (Fsp3) is 0.706. The number of amides is 1. The molecule has 1 saturated heterocycles. The van der Waals surface area contributed by atoms with Crippen LogP contribution in [0.1, 0.15) is 49.1 Å². The average molecular weight is 319 g/mol. The molecule has 2 aliphatic rings. The molecule has 0 aromatic carbocycles. The third-order valence-corrected chi connectivity index (χ3v) is 5.65. The second-order valence-corrected chi connectivity index (χ2v) is 6.95. The van der Waals surface area contributed by atoms with Crippen LogP contribution in [0, 0.1) is 19.8 Å². The van der Waals surface area contributed by atoms with Crippen molar-refractivity contribution >= 4 is 11.9 Å². The molecule has 2 heterocycles. The number of carbonyl (C=O) groups excluding carboxylic acids is 1. The Hall–Kier alpha value is -1.85. The number of carbonyl (C=O) groups is 2. The minimum Gasteiger partial charge on any atom is -0.480 e.